The molecule has 4 nitrogen and oxygen atoms in total. The smallest absolute Gasteiger partial charge is 0.387 e. The molecule has 0 N–H and O–H groups in total. The first-order valence-electron chi connectivity index (χ1n) is 6.02. The van der Waals surface area contributed by atoms with Crippen molar-refractivity contribution < 1.29 is 23.0 Å². The Hall–Kier alpha value is -1.69. The number of hydrogen-bond acceptors (Lipinski definition) is 3. The van der Waals surface area contributed by atoms with Crippen molar-refractivity contribution in [3.05, 3.63) is 29.8 Å². The van der Waals surface area contributed by atoms with Gasteiger partial charge in [-0.3, -0.25) is 4.79 Å². The lowest BCUT2D eigenvalue weighted by molar-refractivity contribution is -0.0499. The molecule has 1 aromatic carbocycles. The Morgan fingerprint density at radius 2 is 2.32 bits per heavy atom. The predicted octanol–water partition coefficient (Wildman–Crippen LogP) is 2.15. The van der Waals surface area contributed by atoms with Gasteiger partial charge in [0.05, 0.1) is 12.7 Å². The van der Waals surface area contributed by atoms with E-state index in [0.717, 1.165) is 0 Å². The van der Waals surface area contributed by atoms with Crippen molar-refractivity contribution >= 4 is 5.91 Å². The highest BCUT2D eigenvalue weighted by atomic mass is 19.3. The van der Waals surface area contributed by atoms with E-state index in [1.165, 1.54) is 18.2 Å². The summed E-state index contributed by atoms with van der Waals surface area (Å²) in [4.78, 5) is 13.9. The Balaban J connectivity index is 2.10. The molecule has 0 spiro atoms. The van der Waals surface area contributed by atoms with Crippen LogP contribution in [0.1, 0.15) is 17.3 Å². The highest BCUT2D eigenvalue weighted by molar-refractivity contribution is 5.94. The molecule has 1 aromatic rings. The molecule has 1 amide bonds. The van der Waals surface area contributed by atoms with Gasteiger partial charge in [-0.25, -0.2) is 0 Å². The summed E-state index contributed by atoms with van der Waals surface area (Å²) in [6.45, 7) is 0.478. The van der Waals surface area contributed by atoms with Crippen LogP contribution in [0.15, 0.2) is 24.3 Å². The maximum Gasteiger partial charge on any atom is 0.387 e. The molecule has 1 saturated heterocycles. The number of hydrogen-bond donors (Lipinski definition) is 0. The number of carbonyl (C=O) groups is 1. The van der Waals surface area contributed by atoms with Crippen LogP contribution >= 0.6 is 0 Å². The first-order chi connectivity index (χ1) is 9.06. The van der Waals surface area contributed by atoms with Gasteiger partial charge < -0.3 is 14.4 Å². The summed E-state index contributed by atoms with van der Waals surface area (Å²) in [5.41, 5.74) is 0.340. The monoisotopic (exact) mass is 271 g/mol. The summed E-state index contributed by atoms with van der Waals surface area (Å²) in [6.07, 6.45) is -0.0156. The maximum atomic E-state index is 12.2. The SMILES string of the molecule is C[C@@H]1CN(C(=O)c2cccc(OC(F)F)c2)CCO1. The van der Waals surface area contributed by atoms with Gasteiger partial charge in [0, 0.05) is 18.7 Å². The average molecular weight is 271 g/mol. The zero-order chi connectivity index (χ0) is 13.8. The van der Waals surface area contributed by atoms with E-state index in [9.17, 15) is 13.6 Å². The lowest BCUT2D eigenvalue weighted by Crippen LogP contribution is -2.44. The molecule has 0 bridgehead atoms. The number of carbonyl (C=O) groups excluding carboxylic acids is 1. The van der Waals surface area contributed by atoms with Crippen molar-refractivity contribution in [2.45, 2.75) is 19.6 Å². The van der Waals surface area contributed by atoms with Crippen molar-refractivity contribution in [3.63, 3.8) is 0 Å². The first-order valence-corrected chi connectivity index (χ1v) is 6.02. The van der Waals surface area contributed by atoms with Gasteiger partial charge in [0.25, 0.3) is 5.91 Å². The third-order valence-corrected chi connectivity index (χ3v) is 2.83. The van der Waals surface area contributed by atoms with Crippen LogP contribution in [0.25, 0.3) is 0 Å². The van der Waals surface area contributed by atoms with Gasteiger partial charge in [0.15, 0.2) is 0 Å². The second-order valence-electron chi connectivity index (χ2n) is 4.34. The van der Waals surface area contributed by atoms with E-state index in [1.807, 2.05) is 6.92 Å². The van der Waals surface area contributed by atoms with Crippen LogP contribution in [0.2, 0.25) is 0 Å². The molecular formula is C13H15F2NO3. The van der Waals surface area contributed by atoms with Gasteiger partial charge in [-0.2, -0.15) is 8.78 Å². The van der Waals surface area contributed by atoms with E-state index in [4.69, 9.17) is 4.74 Å². The highest BCUT2D eigenvalue weighted by Crippen LogP contribution is 2.18. The number of alkyl halides is 2. The van der Waals surface area contributed by atoms with Crippen LogP contribution in [0.5, 0.6) is 5.75 Å². The topological polar surface area (TPSA) is 38.8 Å². The molecule has 0 unspecified atom stereocenters. The van der Waals surface area contributed by atoms with Gasteiger partial charge in [-0.15, -0.1) is 0 Å². The van der Waals surface area contributed by atoms with Crippen LogP contribution in [-0.4, -0.2) is 43.2 Å². The Labute approximate surface area is 109 Å². The van der Waals surface area contributed by atoms with Crippen molar-refractivity contribution in [2.24, 2.45) is 0 Å². The molecule has 0 aliphatic carbocycles. The number of nitrogens with zero attached hydrogens (tertiary/aromatic N) is 1. The Kier molecular flexibility index (Phi) is 4.31. The fourth-order valence-electron chi connectivity index (χ4n) is 1.99. The summed E-state index contributed by atoms with van der Waals surface area (Å²) in [5, 5.41) is 0. The van der Waals surface area contributed by atoms with E-state index in [-0.39, 0.29) is 17.8 Å². The average Bonchev–Trinajstić information content (AvgIpc) is 2.37. The zero-order valence-electron chi connectivity index (χ0n) is 10.5. The molecule has 6 heteroatoms. The van der Waals surface area contributed by atoms with Gasteiger partial charge in [-0.05, 0) is 25.1 Å². The minimum absolute atomic E-state index is 0.0119. The predicted molar refractivity (Wildman–Crippen MR) is 64.4 cm³/mol. The van der Waals surface area contributed by atoms with Crippen LogP contribution < -0.4 is 4.74 Å². The van der Waals surface area contributed by atoms with Gasteiger partial charge in [0.2, 0.25) is 0 Å². The quantitative estimate of drug-likeness (QED) is 0.845. The Bertz CT molecular complexity index is 453. The molecule has 1 atom stereocenters. The molecule has 0 saturated carbocycles. The van der Waals surface area contributed by atoms with E-state index in [0.29, 0.717) is 25.3 Å². The molecule has 104 valence electrons. The fourth-order valence-corrected chi connectivity index (χ4v) is 1.99. The van der Waals surface area contributed by atoms with E-state index in [1.54, 1.807) is 11.0 Å². The minimum Gasteiger partial charge on any atom is -0.435 e. The summed E-state index contributed by atoms with van der Waals surface area (Å²) in [5.74, 6) is -0.211. The third kappa shape index (κ3) is 3.64. The molecule has 0 aromatic heterocycles. The number of halogens is 2. The third-order valence-electron chi connectivity index (χ3n) is 2.83. The summed E-state index contributed by atoms with van der Waals surface area (Å²) < 4.78 is 33.9. The van der Waals surface area contributed by atoms with Crippen LogP contribution in [0.3, 0.4) is 0 Å². The first kappa shape index (κ1) is 13.7. The Morgan fingerprint density at radius 1 is 1.53 bits per heavy atom. The van der Waals surface area contributed by atoms with Crippen LogP contribution in [0.4, 0.5) is 8.78 Å². The minimum atomic E-state index is -2.89. The molecule has 1 heterocycles. The molecule has 19 heavy (non-hydrogen) atoms. The summed E-state index contributed by atoms with van der Waals surface area (Å²) in [7, 11) is 0. The number of rotatable bonds is 3. The molecule has 1 aliphatic rings. The number of amides is 1. The number of morpholine rings is 1. The second-order valence-corrected chi connectivity index (χ2v) is 4.34. The largest absolute Gasteiger partial charge is 0.435 e. The standard InChI is InChI=1S/C13H15F2NO3/c1-9-8-16(5-6-18-9)12(17)10-3-2-4-11(7-10)19-13(14)15/h2-4,7,9,13H,5-6,8H2,1H3/t9-/m1/s1. The van der Waals surface area contributed by atoms with Gasteiger partial charge >= 0.3 is 6.61 Å². The summed E-state index contributed by atoms with van der Waals surface area (Å²) >= 11 is 0. The zero-order valence-corrected chi connectivity index (χ0v) is 10.5. The molecule has 2 rings (SSSR count). The fraction of sp³-hybridized carbons (Fsp3) is 0.462. The second kappa shape index (κ2) is 5.97. The maximum absolute atomic E-state index is 12.2. The summed E-state index contributed by atoms with van der Waals surface area (Å²) in [6, 6.07) is 5.83. The molecular weight excluding hydrogens is 256 g/mol. The molecule has 1 aliphatic heterocycles. The number of ether oxygens (including phenoxy) is 2. The number of benzene rings is 1. The normalized spacial score (nSPS) is 19.6. The van der Waals surface area contributed by atoms with E-state index >= 15 is 0 Å². The van der Waals surface area contributed by atoms with Crippen molar-refractivity contribution in [1.29, 1.82) is 0 Å². The molecule has 1 fully saturated rings. The van der Waals surface area contributed by atoms with E-state index in [2.05, 4.69) is 4.74 Å². The Morgan fingerprint density at radius 3 is 3.00 bits per heavy atom. The van der Waals surface area contributed by atoms with Gasteiger partial charge in [0.1, 0.15) is 5.75 Å². The van der Waals surface area contributed by atoms with Crippen molar-refractivity contribution in [3.8, 4) is 5.75 Å². The van der Waals surface area contributed by atoms with E-state index < -0.39 is 6.61 Å². The lowest BCUT2D eigenvalue weighted by atomic mass is 10.1. The van der Waals surface area contributed by atoms with Crippen LogP contribution in [-0.2, 0) is 4.74 Å². The molecule has 0 radical (unpaired) electrons. The lowest BCUT2D eigenvalue weighted by Gasteiger charge is -2.31. The van der Waals surface area contributed by atoms with Crippen LogP contribution in [0, 0.1) is 0 Å². The highest BCUT2D eigenvalue weighted by Gasteiger charge is 2.22. The van der Waals surface area contributed by atoms with Gasteiger partial charge in [-0.1, -0.05) is 6.07 Å². The van der Waals surface area contributed by atoms with Crippen molar-refractivity contribution in [2.75, 3.05) is 19.7 Å². The van der Waals surface area contributed by atoms with Crippen molar-refractivity contribution in [1.82, 2.24) is 4.90 Å².